The van der Waals surface area contributed by atoms with Gasteiger partial charge in [-0.05, 0) is 30.5 Å². The van der Waals surface area contributed by atoms with Crippen LogP contribution >= 0.6 is 23.1 Å². The molecule has 12 heteroatoms. The summed E-state index contributed by atoms with van der Waals surface area (Å²) >= 11 is 2.74. The molecule has 0 saturated heterocycles. The minimum absolute atomic E-state index is 0.0205. The second-order valence-corrected chi connectivity index (χ2v) is 7.72. The topological polar surface area (TPSA) is 129 Å². The van der Waals surface area contributed by atoms with Crippen molar-refractivity contribution in [3.63, 3.8) is 0 Å². The van der Waals surface area contributed by atoms with Gasteiger partial charge in [0, 0.05) is 24.4 Å². The number of nitrogens with zero attached hydrogens (tertiary/aromatic N) is 4. The van der Waals surface area contributed by atoms with Gasteiger partial charge in [0.15, 0.2) is 17.6 Å². The van der Waals surface area contributed by atoms with Crippen LogP contribution in [0.15, 0.2) is 46.9 Å². The smallest absolute Gasteiger partial charge is 0.316 e. The molecule has 2 aromatic heterocycles. The first-order chi connectivity index (χ1) is 14.5. The summed E-state index contributed by atoms with van der Waals surface area (Å²) in [6, 6.07) is 9.22. The molecule has 0 radical (unpaired) electrons. The number of thiophene rings is 1. The number of ether oxygens (including phenoxy) is 1. The van der Waals surface area contributed by atoms with Crippen molar-refractivity contribution in [2.24, 2.45) is 0 Å². The van der Waals surface area contributed by atoms with E-state index >= 15 is 0 Å². The van der Waals surface area contributed by atoms with Crippen molar-refractivity contribution >= 4 is 46.3 Å². The van der Waals surface area contributed by atoms with E-state index < -0.39 is 23.4 Å². The molecule has 0 aliphatic rings. The lowest BCUT2D eigenvalue weighted by molar-refractivity contribution is -0.384. The lowest BCUT2D eigenvalue weighted by atomic mass is 10.3. The van der Waals surface area contributed by atoms with Crippen LogP contribution in [0.5, 0.6) is 0 Å². The van der Waals surface area contributed by atoms with Gasteiger partial charge in [0.2, 0.25) is 0 Å². The van der Waals surface area contributed by atoms with E-state index in [9.17, 15) is 19.7 Å². The fourth-order valence-electron chi connectivity index (χ4n) is 2.44. The highest BCUT2D eigenvalue weighted by Gasteiger charge is 2.16. The van der Waals surface area contributed by atoms with Crippen molar-refractivity contribution in [1.82, 2.24) is 14.8 Å². The maximum absolute atomic E-state index is 12.0. The molecule has 3 aromatic rings. The predicted octanol–water partition coefficient (Wildman–Crippen LogP) is 3.21. The van der Waals surface area contributed by atoms with Gasteiger partial charge < -0.3 is 14.6 Å². The highest BCUT2D eigenvalue weighted by atomic mass is 32.2. The molecular formula is C18H17N5O5S2. The Balaban J connectivity index is 1.47. The van der Waals surface area contributed by atoms with E-state index in [-0.39, 0.29) is 11.4 Å². The number of hydrogen-bond donors (Lipinski definition) is 1. The molecule has 0 spiro atoms. The van der Waals surface area contributed by atoms with Crippen LogP contribution in [0.1, 0.15) is 6.92 Å². The molecule has 0 bridgehead atoms. The number of carbonyl (C=O) groups is 2. The van der Waals surface area contributed by atoms with Gasteiger partial charge in [-0.25, -0.2) is 0 Å². The average Bonchev–Trinajstić information content (AvgIpc) is 3.40. The minimum atomic E-state index is -0.567. The van der Waals surface area contributed by atoms with Gasteiger partial charge in [0.05, 0.1) is 15.6 Å². The molecule has 0 aliphatic heterocycles. The van der Waals surface area contributed by atoms with Crippen molar-refractivity contribution < 1.29 is 19.2 Å². The van der Waals surface area contributed by atoms with Gasteiger partial charge in [-0.3, -0.25) is 19.7 Å². The van der Waals surface area contributed by atoms with Crippen molar-refractivity contribution in [3.8, 4) is 10.7 Å². The van der Waals surface area contributed by atoms with Crippen LogP contribution in [-0.4, -0.2) is 43.9 Å². The number of thioether (sulfide) groups is 1. The zero-order valence-corrected chi connectivity index (χ0v) is 17.4. The molecule has 0 aliphatic carbocycles. The Bertz CT molecular complexity index is 1030. The maximum atomic E-state index is 12.0. The highest BCUT2D eigenvalue weighted by Crippen LogP contribution is 2.27. The van der Waals surface area contributed by atoms with E-state index in [4.69, 9.17) is 4.74 Å². The third kappa shape index (κ3) is 5.42. The number of non-ortho nitro benzene ring substituents is 1. The molecule has 2 heterocycles. The lowest BCUT2D eigenvalue weighted by Gasteiger charge is -2.07. The first kappa shape index (κ1) is 21.5. The summed E-state index contributed by atoms with van der Waals surface area (Å²) in [5, 5.41) is 24.0. The van der Waals surface area contributed by atoms with E-state index in [1.54, 1.807) is 11.3 Å². The Kier molecular flexibility index (Phi) is 7.14. The summed E-state index contributed by atoms with van der Waals surface area (Å²) in [5.74, 6) is -0.389. The fourth-order valence-corrected chi connectivity index (χ4v) is 3.96. The lowest BCUT2D eigenvalue weighted by Crippen LogP contribution is -2.21. The maximum Gasteiger partial charge on any atom is 0.316 e. The van der Waals surface area contributed by atoms with Crippen LogP contribution in [0.4, 0.5) is 11.4 Å². The molecular weight excluding hydrogens is 430 g/mol. The molecule has 3 rings (SSSR count). The van der Waals surface area contributed by atoms with Crippen molar-refractivity contribution in [2.45, 2.75) is 18.6 Å². The summed E-state index contributed by atoms with van der Waals surface area (Å²) in [7, 11) is 0. The van der Waals surface area contributed by atoms with Crippen LogP contribution in [0.3, 0.4) is 0 Å². The second kappa shape index (κ2) is 9.98. The Morgan fingerprint density at radius 1 is 1.27 bits per heavy atom. The number of anilines is 1. The number of amides is 1. The zero-order chi connectivity index (χ0) is 21.5. The van der Waals surface area contributed by atoms with Crippen LogP contribution in [0.2, 0.25) is 0 Å². The van der Waals surface area contributed by atoms with Gasteiger partial charge in [-0.15, -0.1) is 21.5 Å². The highest BCUT2D eigenvalue weighted by molar-refractivity contribution is 7.99. The monoisotopic (exact) mass is 447 g/mol. The Morgan fingerprint density at radius 3 is 2.67 bits per heavy atom. The SMILES string of the molecule is CCn1c(SCC(=O)OCC(=O)Nc2ccc([N+](=O)[O-])cc2)nnc1-c1cccs1. The molecule has 0 fully saturated rings. The summed E-state index contributed by atoms with van der Waals surface area (Å²) < 4.78 is 6.88. The largest absolute Gasteiger partial charge is 0.455 e. The molecule has 30 heavy (non-hydrogen) atoms. The van der Waals surface area contributed by atoms with Crippen LogP contribution in [-0.2, 0) is 20.9 Å². The molecule has 156 valence electrons. The number of nitro benzene ring substituents is 1. The number of nitrogens with one attached hydrogen (secondary N) is 1. The summed E-state index contributed by atoms with van der Waals surface area (Å²) in [6.45, 7) is 2.15. The molecule has 0 atom stereocenters. The third-order valence-corrected chi connectivity index (χ3v) is 5.63. The number of carbonyl (C=O) groups excluding carboxylic acids is 2. The standard InChI is InChI=1S/C18H17N5O5S2/c1-2-22-17(14-4-3-9-29-14)20-21-18(22)30-11-16(25)28-10-15(24)19-12-5-7-13(8-6-12)23(26)27/h3-9H,2,10-11H2,1H3,(H,19,24). The van der Waals surface area contributed by atoms with E-state index in [1.165, 1.54) is 36.0 Å². The van der Waals surface area contributed by atoms with Crippen molar-refractivity contribution in [2.75, 3.05) is 17.7 Å². The molecule has 10 nitrogen and oxygen atoms in total. The van der Waals surface area contributed by atoms with Gasteiger partial charge in [0.25, 0.3) is 11.6 Å². The van der Waals surface area contributed by atoms with E-state index in [0.717, 1.165) is 10.7 Å². The van der Waals surface area contributed by atoms with Crippen molar-refractivity contribution in [3.05, 3.63) is 51.9 Å². The average molecular weight is 447 g/mol. The predicted molar refractivity (Wildman–Crippen MR) is 112 cm³/mol. The van der Waals surface area contributed by atoms with Gasteiger partial charge in [-0.1, -0.05) is 17.8 Å². The summed E-state index contributed by atoms with van der Waals surface area (Å²) in [6.07, 6.45) is 0. The van der Waals surface area contributed by atoms with Crippen LogP contribution in [0, 0.1) is 10.1 Å². The number of nitro groups is 1. The zero-order valence-electron chi connectivity index (χ0n) is 15.8. The Labute approximate surface area is 179 Å². The first-order valence-electron chi connectivity index (χ1n) is 8.77. The summed E-state index contributed by atoms with van der Waals surface area (Å²) in [5.41, 5.74) is 0.284. The van der Waals surface area contributed by atoms with Gasteiger partial charge >= 0.3 is 5.97 Å². The number of rotatable bonds is 9. The molecule has 0 unspecified atom stereocenters. The second-order valence-electron chi connectivity index (χ2n) is 5.83. The molecule has 1 aromatic carbocycles. The number of hydrogen-bond acceptors (Lipinski definition) is 9. The Morgan fingerprint density at radius 2 is 2.03 bits per heavy atom. The van der Waals surface area contributed by atoms with Gasteiger partial charge in [0.1, 0.15) is 0 Å². The van der Waals surface area contributed by atoms with Crippen LogP contribution in [0.25, 0.3) is 10.7 Å². The number of esters is 1. The van der Waals surface area contributed by atoms with E-state index in [1.807, 2.05) is 29.0 Å². The van der Waals surface area contributed by atoms with E-state index in [0.29, 0.717) is 17.4 Å². The van der Waals surface area contributed by atoms with Crippen LogP contribution < -0.4 is 5.32 Å². The normalized spacial score (nSPS) is 10.6. The van der Waals surface area contributed by atoms with Crippen molar-refractivity contribution in [1.29, 1.82) is 0 Å². The quantitative estimate of drug-likeness (QED) is 0.229. The number of benzene rings is 1. The minimum Gasteiger partial charge on any atom is -0.455 e. The molecule has 0 saturated carbocycles. The molecule has 1 N–H and O–H groups in total. The number of aromatic nitrogens is 3. The van der Waals surface area contributed by atoms with Gasteiger partial charge in [-0.2, -0.15) is 0 Å². The molecule has 1 amide bonds. The Hall–Kier alpha value is -3.25. The summed E-state index contributed by atoms with van der Waals surface area (Å²) in [4.78, 5) is 34.9. The van der Waals surface area contributed by atoms with E-state index in [2.05, 4.69) is 15.5 Å². The first-order valence-corrected chi connectivity index (χ1v) is 10.6. The third-order valence-electron chi connectivity index (χ3n) is 3.82. The fraction of sp³-hybridized carbons (Fsp3) is 0.222.